The summed E-state index contributed by atoms with van der Waals surface area (Å²) in [5.41, 5.74) is 4.07. The number of thiophene rings is 1. The SMILES string of the molecule is CNc1nc2cnc(-c3cccs3)cc2n1Cc1cccnc1. The van der Waals surface area contributed by atoms with Crippen LogP contribution in [0.1, 0.15) is 5.56 Å². The molecule has 0 bridgehead atoms. The van der Waals surface area contributed by atoms with E-state index in [2.05, 4.69) is 48.4 Å². The third-order valence-electron chi connectivity index (χ3n) is 3.70. The lowest BCUT2D eigenvalue weighted by Gasteiger charge is -2.08. The molecule has 0 aliphatic rings. The van der Waals surface area contributed by atoms with E-state index in [-0.39, 0.29) is 0 Å². The molecule has 0 saturated carbocycles. The zero-order valence-corrected chi connectivity index (χ0v) is 13.4. The van der Waals surface area contributed by atoms with Gasteiger partial charge in [0.05, 0.1) is 28.8 Å². The largest absolute Gasteiger partial charge is 0.359 e. The van der Waals surface area contributed by atoms with E-state index in [4.69, 9.17) is 0 Å². The summed E-state index contributed by atoms with van der Waals surface area (Å²) in [6, 6.07) is 10.2. The van der Waals surface area contributed by atoms with Crippen molar-refractivity contribution >= 4 is 28.3 Å². The number of nitrogens with one attached hydrogen (secondary N) is 1. The Balaban J connectivity index is 1.85. The minimum atomic E-state index is 0.717. The molecule has 23 heavy (non-hydrogen) atoms. The smallest absolute Gasteiger partial charge is 0.203 e. The van der Waals surface area contributed by atoms with E-state index in [9.17, 15) is 0 Å². The molecule has 0 unspecified atom stereocenters. The van der Waals surface area contributed by atoms with Crippen molar-refractivity contribution in [3.05, 3.63) is 59.9 Å². The second-order valence-corrected chi connectivity index (χ2v) is 6.12. The van der Waals surface area contributed by atoms with Crippen LogP contribution in [0.25, 0.3) is 21.6 Å². The van der Waals surface area contributed by atoms with Gasteiger partial charge in [-0.2, -0.15) is 0 Å². The van der Waals surface area contributed by atoms with Gasteiger partial charge in [-0.05, 0) is 29.1 Å². The lowest BCUT2D eigenvalue weighted by molar-refractivity contribution is 0.827. The summed E-state index contributed by atoms with van der Waals surface area (Å²) in [6.07, 6.45) is 5.50. The average Bonchev–Trinajstić information content (AvgIpc) is 3.24. The lowest BCUT2D eigenvalue weighted by atomic mass is 10.2. The van der Waals surface area contributed by atoms with Crippen molar-refractivity contribution in [3.63, 3.8) is 0 Å². The highest BCUT2D eigenvalue weighted by atomic mass is 32.1. The molecule has 4 aromatic heterocycles. The molecule has 6 heteroatoms. The Morgan fingerprint density at radius 1 is 1.22 bits per heavy atom. The zero-order valence-electron chi connectivity index (χ0n) is 12.6. The summed E-state index contributed by atoms with van der Waals surface area (Å²) in [5.74, 6) is 0.828. The van der Waals surface area contributed by atoms with Crippen LogP contribution in [0.3, 0.4) is 0 Å². The number of aromatic nitrogens is 4. The Morgan fingerprint density at radius 2 is 2.17 bits per heavy atom. The average molecular weight is 321 g/mol. The molecule has 4 heterocycles. The number of imidazole rings is 1. The molecule has 0 atom stereocenters. The van der Waals surface area contributed by atoms with Gasteiger partial charge in [0.1, 0.15) is 5.52 Å². The van der Waals surface area contributed by atoms with Crippen LogP contribution in [0.4, 0.5) is 5.95 Å². The fraction of sp³-hybridized carbons (Fsp3) is 0.118. The standard InChI is InChI=1S/C17H15N5S/c1-18-17-21-14-10-20-13(16-5-3-7-23-16)8-15(14)22(17)11-12-4-2-6-19-9-12/h2-10H,11H2,1H3,(H,18,21). The van der Waals surface area contributed by atoms with E-state index in [0.717, 1.165) is 33.1 Å². The Hall–Kier alpha value is -2.73. The first-order valence-corrected chi connectivity index (χ1v) is 8.20. The Bertz CT molecular complexity index is 928. The van der Waals surface area contributed by atoms with E-state index >= 15 is 0 Å². The predicted molar refractivity (Wildman–Crippen MR) is 93.7 cm³/mol. The minimum absolute atomic E-state index is 0.717. The number of fused-ring (bicyclic) bond motifs is 1. The molecule has 5 nitrogen and oxygen atoms in total. The van der Waals surface area contributed by atoms with Crippen molar-refractivity contribution in [1.29, 1.82) is 0 Å². The van der Waals surface area contributed by atoms with Crippen molar-refractivity contribution in [2.24, 2.45) is 0 Å². The van der Waals surface area contributed by atoms with Crippen LogP contribution in [-0.2, 0) is 6.54 Å². The van der Waals surface area contributed by atoms with Crippen LogP contribution in [0, 0.1) is 0 Å². The van der Waals surface area contributed by atoms with Gasteiger partial charge in [0.25, 0.3) is 0 Å². The number of hydrogen-bond acceptors (Lipinski definition) is 5. The van der Waals surface area contributed by atoms with E-state index in [1.807, 2.05) is 31.6 Å². The lowest BCUT2D eigenvalue weighted by Crippen LogP contribution is -2.05. The number of anilines is 1. The highest BCUT2D eigenvalue weighted by Crippen LogP contribution is 2.27. The van der Waals surface area contributed by atoms with Gasteiger partial charge in [0.2, 0.25) is 5.95 Å². The maximum absolute atomic E-state index is 4.62. The van der Waals surface area contributed by atoms with E-state index in [1.165, 1.54) is 0 Å². The predicted octanol–water partition coefficient (Wildman–Crippen LogP) is 3.64. The Kier molecular flexibility index (Phi) is 3.51. The molecule has 0 aliphatic heterocycles. The third kappa shape index (κ3) is 2.57. The van der Waals surface area contributed by atoms with Gasteiger partial charge in [0.15, 0.2) is 0 Å². The van der Waals surface area contributed by atoms with Crippen LogP contribution in [0.2, 0.25) is 0 Å². The van der Waals surface area contributed by atoms with Gasteiger partial charge in [-0.25, -0.2) is 4.98 Å². The molecule has 0 radical (unpaired) electrons. The van der Waals surface area contributed by atoms with Crippen LogP contribution >= 0.6 is 11.3 Å². The first-order valence-electron chi connectivity index (χ1n) is 7.32. The van der Waals surface area contributed by atoms with E-state index in [1.54, 1.807) is 17.5 Å². The topological polar surface area (TPSA) is 55.6 Å². The molecule has 4 rings (SSSR count). The van der Waals surface area contributed by atoms with Gasteiger partial charge in [-0.1, -0.05) is 12.1 Å². The third-order valence-corrected chi connectivity index (χ3v) is 4.59. The van der Waals surface area contributed by atoms with Crippen molar-refractivity contribution in [2.75, 3.05) is 12.4 Å². The van der Waals surface area contributed by atoms with Gasteiger partial charge in [-0.3, -0.25) is 9.97 Å². The van der Waals surface area contributed by atoms with Crippen molar-refractivity contribution < 1.29 is 0 Å². The van der Waals surface area contributed by atoms with Crippen molar-refractivity contribution in [2.45, 2.75) is 6.54 Å². The number of hydrogen-bond donors (Lipinski definition) is 1. The highest BCUT2D eigenvalue weighted by molar-refractivity contribution is 7.13. The quantitative estimate of drug-likeness (QED) is 0.623. The Labute approximate surface area is 137 Å². The van der Waals surface area contributed by atoms with E-state index in [0.29, 0.717) is 6.54 Å². The maximum atomic E-state index is 4.62. The molecular weight excluding hydrogens is 306 g/mol. The summed E-state index contributed by atoms with van der Waals surface area (Å²) in [6.45, 7) is 0.717. The van der Waals surface area contributed by atoms with E-state index < -0.39 is 0 Å². The summed E-state index contributed by atoms with van der Waals surface area (Å²) < 4.78 is 2.16. The highest BCUT2D eigenvalue weighted by Gasteiger charge is 2.12. The first kappa shape index (κ1) is 13.9. The molecule has 0 aromatic carbocycles. The summed E-state index contributed by atoms with van der Waals surface area (Å²) in [4.78, 5) is 14.5. The Morgan fingerprint density at radius 3 is 2.91 bits per heavy atom. The van der Waals surface area contributed by atoms with Gasteiger partial charge in [0, 0.05) is 19.4 Å². The maximum Gasteiger partial charge on any atom is 0.203 e. The molecule has 0 fully saturated rings. The van der Waals surface area contributed by atoms with Crippen LogP contribution in [-0.4, -0.2) is 26.6 Å². The number of rotatable bonds is 4. The van der Waals surface area contributed by atoms with Crippen LogP contribution < -0.4 is 5.32 Å². The fourth-order valence-corrected chi connectivity index (χ4v) is 3.31. The van der Waals surface area contributed by atoms with Gasteiger partial charge >= 0.3 is 0 Å². The fourth-order valence-electron chi connectivity index (χ4n) is 2.61. The van der Waals surface area contributed by atoms with Gasteiger partial charge in [-0.15, -0.1) is 11.3 Å². The van der Waals surface area contributed by atoms with Crippen LogP contribution in [0.5, 0.6) is 0 Å². The van der Waals surface area contributed by atoms with Gasteiger partial charge < -0.3 is 9.88 Å². The summed E-state index contributed by atoms with van der Waals surface area (Å²) in [7, 11) is 1.88. The minimum Gasteiger partial charge on any atom is -0.359 e. The summed E-state index contributed by atoms with van der Waals surface area (Å²) >= 11 is 1.69. The number of pyridine rings is 2. The van der Waals surface area contributed by atoms with Crippen LogP contribution in [0.15, 0.2) is 54.3 Å². The summed E-state index contributed by atoms with van der Waals surface area (Å²) in [5, 5.41) is 5.23. The first-order chi connectivity index (χ1) is 11.3. The van der Waals surface area contributed by atoms with Crippen molar-refractivity contribution in [3.8, 4) is 10.6 Å². The second kappa shape index (κ2) is 5.81. The second-order valence-electron chi connectivity index (χ2n) is 5.17. The number of nitrogens with zero attached hydrogens (tertiary/aromatic N) is 4. The zero-order chi connectivity index (χ0) is 15.6. The molecular formula is C17H15N5S. The molecule has 0 saturated heterocycles. The molecule has 0 spiro atoms. The molecule has 0 amide bonds. The van der Waals surface area contributed by atoms with Crippen molar-refractivity contribution in [1.82, 2.24) is 19.5 Å². The molecule has 1 N–H and O–H groups in total. The molecule has 0 aliphatic carbocycles. The normalized spacial score (nSPS) is 11.0. The monoisotopic (exact) mass is 321 g/mol. The molecule has 114 valence electrons. The molecule has 4 aromatic rings.